The van der Waals surface area contributed by atoms with E-state index in [1.54, 1.807) is 0 Å². The minimum atomic E-state index is 0.0514. The van der Waals surface area contributed by atoms with Crippen LogP contribution in [-0.4, -0.2) is 15.8 Å². The van der Waals surface area contributed by atoms with Crippen LogP contribution in [0.1, 0.15) is 32.3 Å². The third kappa shape index (κ3) is 2.06. The summed E-state index contributed by atoms with van der Waals surface area (Å²) in [6, 6.07) is 10.1. The average molecular weight is 205 g/mol. The molecule has 82 valence electrons. The van der Waals surface area contributed by atoms with Crippen LogP contribution in [0.2, 0.25) is 0 Å². The van der Waals surface area contributed by atoms with Gasteiger partial charge < -0.3 is 5.21 Å². The van der Waals surface area contributed by atoms with Crippen molar-refractivity contribution in [1.29, 1.82) is 0 Å². The van der Waals surface area contributed by atoms with Gasteiger partial charge in [0, 0.05) is 12.1 Å². The number of hydroxylamine groups is 2. The number of benzene rings is 1. The molecule has 0 saturated heterocycles. The number of hydrogen-bond acceptors (Lipinski definition) is 2. The smallest absolute Gasteiger partial charge is 0.0495 e. The summed E-state index contributed by atoms with van der Waals surface area (Å²) in [5.41, 5.74) is 1.22. The molecule has 2 nitrogen and oxygen atoms in total. The fraction of sp³-hybridized carbons (Fsp3) is 0.538. The number of hydrogen-bond donors (Lipinski definition) is 1. The fourth-order valence-corrected chi connectivity index (χ4v) is 2.18. The van der Waals surface area contributed by atoms with Crippen LogP contribution in [0, 0.1) is 5.92 Å². The van der Waals surface area contributed by atoms with Crippen molar-refractivity contribution in [1.82, 2.24) is 5.06 Å². The molecule has 0 aliphatic heterocycles. The van der Waals surface area contributed by atoms with Crippen molar-refractivity contribution in [3.05, 3.63) is 35.9 Å². The zero-order valence-corrected chi connectivity index (χ0v) is 9.48. The van der Waals surface area contributed by atoms with E-state index in [1.807, 2.05) is 18.2 Å². The molecule has 0 amide bonds. The Morgan fingerprint density at radius 2 is 1.87 bits per heavy atom. The van der Waals surface area contributed by atoms with Gasteiger partial charge in [-0.3, -0.25) is 0 Å². The van der Waals surface area contributed by atoms with E-state index in [1.165, 1.54) is 10.6 Å². The first-order chi connectivity index (χ1) is 7.15. The highest BCUT2D eigenvalue weighted by Crippen LogP contribution is 2.47. The Morgan fingerprint density at radius 1 is 1.27 bits per heavy atom. The minimum absolute atomic E-state index is 0.0514. The topological polar surface area (TPSA) is 23.5 Å². The van der Waals surface area contributed by atoms with Gasteiger partial charge in [0.25, 0.3) is 0 Å². The molecule has 0 radical (unpaired) electrons. The molecule has 1 fully saturated rings. The first-order valence-electron chi connectivity index (χ1n) is 5.65. The summed E-state index contributed by atoms with van der Waals surface area (Å²) in [4.78, 5) is 0. The van der Waals surface area contributed by atoms with Crippen LogP contribution < -0.4 is 0 Å². The van der Waals surface area contributed by atoms with Gasteiger partial charge in [0.05, 0.1) is 0 Å². The lowest BCUT2D eigenvalue weighted by molar-refractivity contribution is -0.159. The summed E-state index contributed by atoms with van der Waals surface area (Å²) in [5.74, 6) is 0.520. The van der Waals surface area contributed by atoms with Crippen LogP contribution in [0.5, 0.6) is 0 Å². The third-order valence-corrected chi connectivity index (χ3v) is 3.53. The molecule has 0 heterocycles. The Labute approximate surface area is 91.5 Å². The highest BCUT2D eigenvalue weighted by Gasteiger charge is 2.50. The van der Waals surface area contributed by atoms with E-state index in [0.717, 1.165) is 12.8 Å². The summed E-state index contributed by atoms with van der Waals surface area (Å²) in [5, 5.41) is 11.6. The maximum atomic E-state index is 10.1. The normalized spacial score (nSPS) is 18.5. The fourth-order valence-electron chi connectivity index (χ4n) is 2.18. The summed E-state index contributed by atoms with van der Waals surface area (Å²) in [7, 11) is 0. The van der Waals surface area contributed by atoms with Crippen molar-refractivity contribution in [3.8, 4) is 0 Å². The third-order valence-electron chi connectivity index (χ3n) is 3.53. The maximum absolute atomic E-state index is 10.1. The van der Waals surface area contributed by atoms with Gasteiger partial charge in [0.1, 0.15) is 0 Å². The lowest BCUT2D eigenvalue weighted by atomic mass is 10.0. The van der Waals surface area contributed by atoms with Crippen molar-refractivity contribution in [2.75, 3.05) is 0 Å². The van der Waals surface area contributed by atoms with Crippen molar-refractivity contribution >= 4 is 0 Å². The standard InChI is InChI=1S/C13H19NO/c1-11(2)13(8-9-13)14(15)10-12-6-4-3-5-7-12/h3-7,11,15H,8-10H2,1-2H3. The quantitative estimate of drug-likeness (QED) is 0.764. The first kappa shape index (κ1) is 10.7. The van der Waals surface area contributed by atoms with Crippen LogP contribution >= 0.6 is 0 Å². The molecule has 1 aliphatic carbocycles. The Morgan fingerprint density at radius 3 is 2.33 bits per heavy atom. The van der Waals surface area contributed by atoms with Crippen molar-refractivity contribution < 1.29 is 5.21 Å². The highest BCUT2D eigenvalue weighted by molar-refractivity contribution is 5.15. The van der Waals surface area contributed by atoms with Gasteiger partial charge in [-0.1, -0.05) is 44.2 Å². The Balaban J connectivity index is 2.02. The van der Waals surface area contributed by atoms with Gasteiger partial charge in [-0.2, -0.15) is 5.06 Å². The number of rotatable bonds is 4. The largest absolute Gasteiger partial charge is 0.313 e. The van der Waals surface area contributed by atoms with Crippen LogP contribution in [0.4, 0.5) is 0 Å². The van der Waals surface area contributed by atoms with Gasteiger partial charge in [0.2, 0.25) is 0 Å². The molecular weight excluding hydrogens is 186 g/mol. The molecule has 2 rings (SSSR count). The van der Waals surface area contributed by atoms with Crippen molar-refractivity contribution in [3.63, 3.8) is 0 Å². The molecule has 0 aromatic heterocycles. The Bertz CT molecular complexity index is 317. The Kier molecular flexibility index (Phi) is 2.81. The molecule has 0 atom stereocenters. The molecule has 15 heavy (non-hydrogen) atoms. The van der Waals surface area contributed by atoms with Crippen LogP contribution in [0.25, 0.3) is 0 Å². The highest BCUT2D eigenvalue weighted by atomic mass is 16.5. The van der Waals surface area contributed by atoms with Gasteiger partial charge in [-0.05, 0) is 24.3 Å². The minimum Gasteiger partial charge on any atom is -0.313 e. The van der Waals surface area contributed by atoms with E-state index >= 15 is 0 Å². The second kappa shape index (κ2) is 3.95. The van der Waals surface area contributed by atoms with Crippen LogP contribution in [0.15, 0.2) is 30.3 Å². The van der Waals surface area contributed by atoms with E-state index in [9.17, 15) is 5.21 Å². The SMILES string of the molecule is CC(C)C1(N(O)Cc2ccccc2)CC1. The van der Waals surface area contributed by atoms with Gasteiger partial charge >= 0.3 is 0 Å². The molecule has 1 aromatic carbocycles. The summed E-state index contributed by atoms with van der Waals surface area (Å²) < 4.78 is 0. The summed E-state index contributed by atoms with van der Waals surface area (Å²) in [6.45, 7) is 5.00. The molecule has 0 bridgehead atoms. The molecule has 1 aromatic rings. The molecule has 1 saturated carbocycles. The van der Waals surface area contributed by atoms with Crippen molar-refractivity contribution in [2.45, 2.75) is 38.8 Å². The second-order valence-electron chi connectivity index (χ2n) is 4.80. The maximum Gasteiger partial charge on any atom is 0.0495 e. The van der Waals surface area contributed by atoms with Crippen molar-refractivity contribution in [2.24, 2.45) is 5.92 Å². The molecule has 1 aliphatic rings. The monoisotopic (exact) mass is 205 g/mol. The molecule has 0 spiro atoms. The predicted octanol–water partition coefficient (Wildman–Crippen LogP) is 3.07. The van der Waals surface area contributed by atoms with Crippen LogP contribution in [-0.2, 0) is 6.54 Å². The first-order valence-corrected chi connectivity index (χ1v) is 5.65. The van der Waals surface area contributed by atoms with Gasteiger partial charge in [0.15, 0.2) is 0 Å². The molecule has 2 heteroatoms. The summed E-state index contributed by atoms with van der Waals surface area (Å²) in [6.07, 6.45) is 2.24. The lowest BCUT2D eigenvalue weighted by Gasteiger charge is -2.29. The van der Waals surface area contributed by atoms with Gasteiger partial charge in [-0.15, -0.1) is 0 Å². The Hall–Kier alpha value is -0.860. The van der Waals surface area contributed by atoms with E-state index in [-0.39, 0.29) is 5.54 Å². The zero-order chi connectivity index (χ0) is 10.9. The predicted molar refractivity (Wildman–Crippen MR) is 60.6 cm³/mol. The second-order valence-corrected chi connectivity index (χ2v) is 4.80. The average Bonchev–Trinajstić information content (AvgIpc) is 2.99. The van der Waals surface area contributed by atoms with Gasteiger partial charge in [-0.25, -0.2) is 0 Å². The van der Waals surface area contributed by atoms with E-state index in [2.05, 4.69) is 26.0 Å². The van der Waals surface area contributed by atoms with E-state index < -0.39 is 0 Å². The molecule has 1 N–H and O–H groups in total. The molecular formula is C13H19NO. The van der Waals surface area contributed by atoms with E-state index in [4.69, 9.17) is 0 Å². The lowest BCUT2D eigenvalue weighted by Crippen LogP contribution is -2.38. The van der Waals surface area contributed by atoms with E-state index in [0.29, 0.717) is 12.5 Å². The van der Waals surface area contributed by atoms with Crippen LogP contribution in [0.3, 0.4) is 0 Å². The summed E-state index contributed by atoms with van der Waals surface area (Å²) >= 11 is 0. The molecule has 0 unspecified atom stereocenters. The number of nitrogens with zero attached hydrogens (tertiary/aromatic N) is 1. The zero-order valence-electron chi connectivity index (χ0n) is 9.48.